The molecule has 5 nitrogen and oxygen atoms in total. The number of nitrogen functional groups attached to an aromatic ring is 1. The van der Waals surface area contributed by atoms with Crippen molar-refractivity contribution in [1.82, 2.24) is 10.3 Å². The van der Waals surface area contributed by atoms with E-state index in [1.807, 2.05) is 12.1 Å². The SMILES string of the molecule is Nc1cc(N2CCNC(CO)C2)ccn1. The molecular weight excluding hydrogens is 192 g/mol. The number of hydrogen-bond acceptors (Lipinski definition) is 5. The van der Waals surface area contributed by atoms with E-state index in [2.05, 4.69) is 15.2 Å². The lowest BCUT2D eigenvalue weighted by atomic mass is 10.2. The second kappa shape index (κ2) is 4.46. The van der Waals surface area contributed by atoms with Gasteiger partial charge in [-0.25, -0.2) is 4.98 Å². The molecular formula is C10H16N4O. The van der Waals surface area contributed by atoms with Crippen LogP contribution in [-0.2, 0) is 0 Å². The summed E-state index contributed by atoms with van der Waals surface area (Å²) in [6, 6.07) is 3.95. The molecule has 0 spiro atoms. The van der Waals surface area contributed by atoms with E-state index in [9.17, 15) is 0 Å². The van der Waals surface area contributed by atoms with Crippen LogP contribution in [0.25, 0.3) is 0 Å². The molecule has 1 aromatic heterocycles. The monoisotopic (exact) mass is 208 g/mol. The molecule has 0 saturated carbocycles. The molecule has 15 heavy (non-hydrogen) atoms. The van der Waals surface area contributed by atoms with Crippen molar-refractivity contribution in [2.45, 2.75) is 6.04 Å². The molecule has 0 radical (unpaired) electrons. The standard InChI is InChI=1S/C10H16N4O/c11-10-5-9(1-2-13-10)14-4-3-12-8(6-14)7-15/h1-2,5,8,12,15H,3-4,6-7H2,(H2,11,13). The number of rotatable bonds is 2. The highest BCUT2D eigenvalue weighted by Gasteiger charge is 2.18. The number of hydrogen-bond donors (Lipinski definition) is 3. The first-order valence-electron chi connectivity index (χ1n) is 5.10. The third-order valence-electron chi connectivity index (χ3n) is 2.61. The Kier molecular flexibility index (Phi) is 3.03. The van der Waals surface area contributed by atoms with Gasteiger partial charge in [0.25, 0.3) is 0 Å². The maximum Gasteiger partial charge on any atom is 0.125 e. The summed E-state index contributed by atoms with van der Waals surface area (Å²) in [4.78, 5) is 6.16. The van der Waals surface area contributed by atoms with Crippen molar-refractivity contribution in [1.29, 1.82) is 0 Å². The number of nitrogens with two attached hydrogens (primary N) is 1. The first kappa shape index (κ1) is 10.2. The molecule has 82 valence electrons. The average molecular weight is 208 g/mol. The zero-order valence-electron chi connectivity index (χ0n) is 8.56. The van der Waals surface area contributed by atoms with Crippen LogP contribution in [0.4, 0.5) is 11.5 Å². The molecule has 1 atom stereocenters. The normalized spacial score (nSPS) is 21.7. The number of aliphatic hydroxyl groups is 1. The van der Waals surface area contributed by atoms with E-state index in [0.717, 1.165) is 25.3 Å². The van der Waals surface area contributed by atoms with Crippen molar-refractivity contribution in [2.75, 3.05) is 36.9 Å². The van der Waals surface area contributed by atoms with Crippen LogP contribution in [0, 0.1) is 0 Å². The van der Waals surface area contributed by atoms with Gasteiger partial charge in [-0.1, -0.05) is 0 Å². The molecule has 4 N–H and O–H groups in total. The summed E-state index contributed by atoms with van der Waals surface area (Å²) in [5.41, 5.74) is 6.70. The number of nitrogens with one attached hydrogen (secondary N) is 1. The fourth-order valence-electron chi connectivity index (χ4n) is 1.82. The van der Waals surface area contributed by atoms with Gasteiger partial charge < -0.3 is 21.1 Å². The van der Waals surface area contributed by atoms with Gasteiger partial charge in [-0.15, -0.1) is 0 Å². The van der Waals surface area contributed by atoms with Crippen molar-refractivity contribution in [2.24, 2.45) is 0 Å². The molecule has 1 fully saturated rings. The Labute approximate surface area is 88.9 Å². The average Bonchev–Trinajstić information content (AvgIpc) is 2.29. The Balaban J connectivity index is 2.09. The van der Waals surface area contributed by atoms with Gasteiger partial charge in [0.2, 0.25) is 0 Å². The second-order valence-electron chi connectivity index (χ2n) is 3.72. The minimum Gasteiger partial charge on any atom is -0.395 e. The van der Waals surface area contributed by atoms with Crippen molar-refractivity contribution in [3.05, 3.63) is 18.3 Å². The van der Waals surface area contributed by atoms with E-state index in [0.29, 0.717) is 5.82 Å². The fourth-order valence-corrected chi connectivity index (χ4v) is 1.82. The summed E-state index contributed by atoms with van der Waals surface area (Å²) in [7, 11) is 0. The van der Waals surface area contributed by atoms with Crippen LogP contribution in [0.5, 0.6) is 0 Å². The van der Waals surface area contributed by atoms with Gasteiger partial charge in [0.1, 0.15) is 5.82 Å². The lowest BCUT2D eigenvalue weighted by Gasteiger charge is -2.34. The summed E-state index contributed by atoms with van der Waals surface area (Å²) in [6.07, 6.45) is 1.71. The van der Waals surface area contributed by atoms with Crippen LogP contribution in [-0.4, -0.2) is 42.4 Å². The van der Waals surface area contributed by atoms with Gasteiger partial charge >= 0.3 is 0 Å². The molecule has 1 saturated heterocycles. The topological polar surface area (TPSA) is 74.4 Å². The van der Waals surface area contributed by atoms with E-state index in [1.165, 1.54) is 0 Å². The van der Waals surface area contributed by atoms with Gasteiger partial charge in [0.05, 0.1) is 6.61 Å². The van der Waals surface area contributed by atoms with E-state index in [4.69, 9.17) is 10.8 Å². The Morgan fingerprint density at radius 1 is 1.67 bits per heavy atom. The lowest BCUT2D eigenvalue weighted by molar-refractivity contribution is 0.235. The second-order valence-corrected chi connectivity index (χ2v) is 3.72. The predicted octanol–water partition coefficient (Wildman–Crippen LogP) is -0.566. The maximum absolute atomic E-state index is 9.08. The molecule has 5 heteroatoms. The number of nitrogens with zero attached hydrogens (tertiary/aromatic N) is 2. The van der Waals surface area contributed by atoms with E-state index < -0.39 is 0 Å². The molecule has 2 rings (SSSR count). The zero-order valence-corrected chi connectivity index (χ0v) is 8.56. The van der Waals surface area contributed by atoms with Crippen LogP contribution >= 0.6 is 0 Å². The summed E-state index contributed by atoms with van der Waals surface area (Å²) >= 11 is 0. The highest BCUT2D eigenvalue weighted by Crippen LogP contribution is 2.16. The molecule has 1 unspecified atom stereocenters. The molecule has 0 bridgehead atoms. The van der Waals surface area contributed by atoms with Crippen LogP contribution in [0.3, 0.4) is 0 Å². The smallest absolute Gasteiger partial charge is 0.125 e. The number of anilines is 2. The van der Waals surface area contributed by atoms with Crippen LogP contribution in [0.2, 0.25) is 0 Å². The van der Waals surface area contributed by atoms with E-state index in [-0.39, 0.29) is 12.6 Å². The highest BCUT2D eigenvalue weighted by molar-refractivity contribution is 5.52. The molecule has 0 aliphatic carbocycles. The predicted molar refractivity (Wildman–Crippen MR) is 59.7 cm³/mol. The molecule has 1 aromatic rings. The van der Waals surface area contributed by atoms with Crippen LogP contribution in [0.1, 0.15) is 0 Å². The molecule has 0 aromatic carbocycles. The van der Waals surface area contributed by atoms with Gasteiger partial charge in [-0.2, -0.15) is 0 Å². The van der Waals surface area contributed by atoms with Gasteiger partial charge in [0.15, 0.2) is 0 Å². The summed E-state index contributed by atoms with van der Waals surface area (Å²) in [5, 5.41) is 12.3. The molecule has 2 heterocycles. The Hall–Kier alpha value is -1.33. The maximum atomic E-state index is 9.08. The van der Waals surface area contributed by atoms with E-state index in [1.54, 1.807) is 6.20 Å². The molecule has 0 amide bonds. The number of pyridine rings is 1. The largest absolute Gasteiger partial charge is 0.395 e. The van der Waals surface area contributed by atoms with Gasteiger partial charge in [-0.05, 0) is 6.07 Å². The Morgan fingerprint density at radius 2 is 2.53 bits per heavy atom. The summed E-state index contributed by atoms with van der Waals surface area (Å²) in [6.45, 7) is 2.78. The van der Waals surface area contributed by atoms with Gasteiger partial charge in [0, 0.05) is 43.6 Å². The van der Waals surface area contributed by atoms with Crippen molar-refractivity contribution < 1.29 is 5.11 Å². The number of aliphatic hydroxyl groups excluding tert-OH is 1. The minimum atomic E-state index is 0.146. The molecule has 1 aliphatic rings. The lowest BCUT2D eigenvalue weighted by Crippen LogP contribution is -2.52. The quantitative estimate of drug-likeness (QED) is 0.607. The minimum absolute atomic E-state index is 0.146. The van der Waals surface area contributed by atoms with Crippen molar-refractivity contribution in [3.63, 3.8) is 0 Å². The third kappa shape index (κ3) is 2.37. The number of piperazine rings is 1. The first-order valence-corrected chi connectivity index (χ1v) is 5.10. The van der Waals surface area contributed by atoms with Crippen LogP contribution < -0.4 is 16.0 Å². The number of aromatic nitrogens is 1. The highest BCUT2D eigenvalue weighted by atomic mass is 16.3. The van der Waals surface area contributed by atoms with Crippen LogP contribution in [0.15, 0.2) is 18.3 Å². The summed E-state index contributed by atoms with van der Waals surface area (Å²) in [5.74, 6) is 0.534. The zero-order chi connectivity index (χ0) is 10.7. The van der Waals surface area contributed by atoms with E-state index >= 15 is 0 Å². The van der Waals surface area contributed by atoms with Gasteiger partial charge in [-0.3, -0.25) is 0 Å². The first-order chi connectivity index (χ1) is 7.29. The third-order valence-corrected chi connectivity index (χ3v) is 2.61. The fraction of sp³-hybridized carbons (Fsp3) is 0.500. The Morgan fingerprint density at radius 3 is 3.27 bits per heavy atom. The van der Waals surface area contributed by atoms with Crippen molar-refractivity contribution in [3.8, 4) is 0 Å². The summed E-state index contributed by atoms with van der Waals surface area (Å²) < 4.78 is 0. The van der Waals surface area contributed by atoms with Crippen molar-refractivity contribution >= 4 is 11.5 Å². The molecule has 1 aliphatic heterocycles. The Bertz CT molecular complexity index is 331.